The highest BCUT2D eigenvalue weighted by atomic mass is 16.6. The number of carbonyl (C=O) groups is 2. The Bertz CT molecular complexity index is 2010. The molecule has 2 saturated carbocycles. The Morgan fingerprint density at radius 1 is 1.16 bits per heavy atom. The molecule has 3 aromatic heterocycles. The van der Waals surface area contributed by atoms with Crippen LogP contribution in [0, 0.1) is 11.8 Å². The Morgan fingerprint density at radius 3 is 2.55 bits per heavy atom. The van der Waals surface area contributed by atoms with Gasteiger partial charge >= 0.3 is 6.09 Å². The number of hydrogen-bond acceptors (Lipinski definition) is 7. The van der Waals surface area contributed by atoms with Crippen molar-refractivity contribution in [3.8, 4) is 17.3 Å². The third kappa shape index (κ3) is 6.55. The minimum Gasteiger partial charge on any atom is -0.494 e. The predicted octanol–water partition coefficient (Wildman–Crippen LogP) is 7.14. The second-order valence-electron chi connectivity index (χ2n) is 16.0. The van der Waals surface area contributed by atoms with Gasteiger partial charge in [-0.3, -0.25) is 4.79 Å². The number of methoxy groups -OCH3 is 1. The molecule has 4 unspecified atom stereocenters. The lowest BCUT2D eigenvalue weighted by Crippen LogP contribution is -2.57. The molecule has 3 fully saturated rings. The SMILES string of the molecule is COc1cc(C(=O)N2CC(C)C(NC(=O)OC(C)(C)C)C2C(C)N(C)C(C)=C2CCC2)cc2nc(-c3cc4cccnc4n3CC3CC3)n(C)c12. The number of nitrogens with one attached hydrogen (secondary N) is 1. The highest BCUT2D eigenvalue weighted by Gasteiger charge is 2.47. The number of likely N-dealkylation sites (tertiary alicyclic amines) is 1. The summed E-state index contributed by atoms with van der Waals surface area (Å²) in [6.45, 7) is 13.4. The molecule has 272 valence electrons. The van der Waals surface area contributed by atoms with Crippen molar-refractivity contribution in [2.45, 2.75) is 104 Å². The zero-order chi connectivity index (χ0) is 36.4. The van der Waals surface area contributed by atoms with E-state index in [0.717, 1.165) is 47.5 Å². The van der Waals surface area contributed by atoms with Crippen molar-refractivity contribution in [2.75, 3.05) is 20.7 Å². The molecule has 1 N–H and O–H groups in total. The topological polar surface area (TPSA) is 107 Å². The number of aromatic nitrogens is 4. The van der Waals surface area contributed by atoms with Crippen LogP contribution >= 0.6 is 0 Å². The van der Waals surface area contributed by atoms with Gasteiger partial charge in [0.15, 0.2) is 5.82 Å². The fraction of sp³-hybridized carbons (Fsp3) is 0.550. The van der Waals surface area contributed by atoms with Crippen LogP contribution in [0.15, 0.2) is 47.8 Å². The lowest BCUT2D eigenvalue weighted by atomic mass is 9.89. The van der Waals surface area contributed by atoms with E-state index >= 15 is 0 Å². The van der Waals surface area contributed by atoms with E-state index in [0.29, 0.717) is 29.3 Å². The Labute approximate surface area is 301 Å². The maximum atomic E-state index is 14.8. The molecule has 7 rings (SSSR count). The quantitative estimate of drug-likeness (QED) is 0.198. The molecule has 0 spiro atoms. The second kappa shape index (κ2) is 13.2. The van der Waals surface area contributed by atoms with Crippen LogP contribution < -0.4 is 10.1 Å². The van der Waals surface area contributed by atoms with Crippen LogP contribution in [0.5, 0.6) is 5.75 Å². The molecule has 0 bridgehead atoms. The third-order valence-electron chi connectivity index (χ3n) is 11.3. The van der Waals surface area contributed by atoms with Gasteiger partial charge in [0.25, 0.3) is 5.91 Å². The zero-order valence-corrected chi connectivity index (χ0v) is 31.6. The van der Waals surface area contributed by atoms with Crippen LogP contribution in [0.3, 0.4) is 0 Å². The maximum absolute atomic E-state index is 14.8. The molecule has 11 heteroatoms. The average molecular weight is 696 g/mol. The largest absolute Gasteiger partial charge is 0.494 e. The first-order valence-corrected chi connectivity index (χ1v) is 18.5. The number of aryl methyl sites for hydroxylation is 1. The van der Waals surface area contributed by atoms with Crippen molar-refractivity contribution in [1.29, 1.82) is 0 Å². The van der Waals surface area contributed by atoms with E-state index in [1.54, 1.807) is 7.11 Å². The molecule has 2 aliphatic carbocycles. The van der Waals surface area contributed by atoms with Gasteiger partial charge in [-0.05, 0) is 109 Å². The molecule has 4 heterocycles. The first kappa shape index (κ1) is 34.9. The van der Waals surface area contributed by atoms with Crippen LogP contribution in [0.4, 0.5) is 4.79 Å². The summed E-state index contributed by atoms with van der Waals surface area (Å²) in [5.74, 6) is 1.91. The maximum Gasteiger partial charge on any atom is 0.407 e. The van der Waals surface area contributed by atoms with E-state index in [1.165, 1.54) is 30.5 Å². The summed E-state index contributed by atoms with van der Waals surface area (Å²) in [6.07, 6.45) is 7.25. The molecule has 0 radical (unpaired) electrons. The molecular formula is C40H53N7O4. The molecule has 2 amide bonds. The smallest absolute Gasteiger partial charge is 0.407 e. The first-order valence-electron chi connectivity index (χ1n) is 18.5. The highest BCUT2D eigenvalue weighted by molar-refractivity contribution is 6.00. The lowest BCUT2D eigenvalue weighted by molar-refractivity contribution is 0.0443. The van der Waals surface area contributed by atoms with E-state index in [-0.39, 0.29) is 30.0 Å². The number of fused-ring (bicyclic) bond motifs is 2. The summed E-state index contributed by atoms with van der Waals surface area (Å²) in [4.78, 5) is 42.1. The van der Waals surface area contributed by atoms with Crippen LogP contribution in [0.25, 0.3) is 33.6 Å². The van der Waals surface area contributed by atoms with Crippen molar-refractivity contribution in [1.82, 2.24) is 34.2 Å². The van der Waals surface area contributed by atoms with Gasteiger partial charge in [-0.15, -0.1) is 0 Å². The van der Waals surface area contributed by atoms with E-state index in [2.05, 4.69) is 59.3 Å². The number of allylic oxidation sites excluding steroid dienone is 2. The average Bonchev–Trinajstić information content (AvgIpc) is 3.61. The van der Waals surface area contributed by atoms with Crippen molar-refractivity contribution in [3.63, 3.8) is 0 Å². The Kier molecular flexibility index (Phi) is 9.04. The molecule has 1 aliphatic heterocycles. The number of rotatable bonds is 9. The van der Waals surface area contributed by atoms with Gasteiger partial charge in [0.2, 0.25) is 0 Å². The minimum absolute atomic E-state index is 0.00643. The van der Waals surface area contributed by atoms with E-state index in [1.807, 2.05) is 57.1 Å². The molecule has 4 atom stereocenters. The molecule has 11 nitrogen and oxygen atoms in total. The Hall–Kier alpha value is -4.54. The Balaban J connectivity index is 1.27. The lowest BCUT2D eigenvalue weighted by Gasteiger charge is -2.41. The van der Waals surface area contributed by atoms with Crippen molar-refractivity contribution >= 4 is 34.1 Å². The summed E-state index contributed by atoms with van der Waals surface area (Å²) < 4.78 is 16.0. The van der Waals surface area contributed by atoms with E-state index in [9.17, 15) is 9.59 Å². The predicted molar refractivity (Wildman–Crippen MR) is 200 cm³/mol. The molecule has 1 saturated heterocycles. The summed E-state index contributed by atoms with van der Waals surface area (Å²) in [6, 6.07) is 9.25. The van der Waals surface area contributed by atoms with Crippen molar-refractivity contribution in [2.24, 2.45) is 18.9 Å². The normalized spacial score (nSPS) is 21.2. The second-order valence-corrected chi connectivity index (χ2v) is 16.0. The van der Waals surface area contributed by atoms with Gasteiger partial charge in [0, 0.05) is 56.1 Å². The number of ether oxygens (including phenoxy) is 2. The number of amides is 2. The van der Waals surface area contributed by atoms with Gasteiger partial charge in [-0.2, -0.15) is 0 Å². The molecular weight excluding hydrogens is 642 g/mol. The minimum atomic E-state index is -0.638. The Morgan fingerprint density at radius 2 is 1.90 bits per heavy atom. The monoisotopic (exact) mass is 695 g/mol. The van der Waals surface area contributed by atoms with Gasteiger partial charge in [0.05, 0.1) is 30.4 Å². The van der Waals surface area contributed by atoms with Crippen molar-refractivity contribution in [3.05, 3.63) is 53.4 Å². The van der Waals surface area contributed by atoms with Gasteiger partial charge in [0.1, 0.15) is 22.5 Å². The fourth-order valence-electron chi connectivity index (χ4n) is 8.03. The number of carbonyl (C=O) groups excluding carboxylic acids is 2. The highest BCUT2D eigenvalue weighted by Crippen LogP contribution is 2.39. The first-order chi connectivity index (χ1) is 24.3. The van der Waals surface area contributed by atoms with Crippen LogP contribution in [0.1, 0.15) is 84.0 Å². The summed E-state index contributed by atoms with van der Waals surface area (Å²) in [7, 11) is 5.74. The number of nitrogens with zero attached hydrogens (tertiary/aromatic N) is 6. The molecule has 4 aromatic rings. The molecule has 3 aliphatic rings. The number of alkyl carbamates (subject to hydrolysis) is 1. The summed E-state index contributed by atoms with van der Waals surface area (Å²) >= 11 is 0. The fourth-order valence-corrected chi connectivity index (χ4v) is 8.03. The van der Waals surface area contributed by atoms with Crippen LogP contribution in [0.2, 0.25) is 0 Å². The standard InChI is InChI=1S/C40H53N7O4/c1-23-21-47(34(33(23)43-39(49)51-40(4,5)6)25(3)44(7)24(2)27-12-10-13-27)38(48)29-18-30-35(32(20-29)50-9)45(8)37(42-30)31-19-28-14-11-17-41-36(28)46(31)22-26-15-16-26/h11,14,17-20,23,25-26,33-34H,10,12-13,15-16,21-22H2,1-9H3,(H,43,49). The van der Waals surface area contributed by atoms with Gasteiger partial charge in [-0.25, -0.2) is 14.8 Å². The number of likely N-dealkylation sites (N-methyl/N-ethyl adjacent to an activating group) is 1. The zero-order valence-electron chi connectivity index (χ0n) is 31.6. The van der Waals surface area contributed by atoms with Crippen LogP contribution in [-0.4, -0.2) is 85.3 Å². The molecule has 51 heavy (non-hydrogen) atoms. The van der Waals surface area contributed by atoms with Crippen LogP contribution in [-0.2, 0) is 18.3 Å². The van der Waals surface area contributed by atoms with Gasteiger partial charge in [-0.1, -0.05) is 12.5 Å². The van der Waals surface area contributed by atoms with E-state index in [4.69, 9.17) is 19.4 Å². The third-order valence-corrected chi connectivity index (χ3v) is 11.3. The number of hydrogen-bond donors (Lipinski definition) is 1. The van der Waals surface area contributed by atoms with Gasteiger partial charge < -0.3 is 33.7 Å². The summed E-state index contributed by atoms with van der Waals surface area (Å²) in [5, 5.41) is 4.25. The number of imidazole rings is 1. The summed E-state index contributed by atoms with van der Waals surface area (Å²) in [5.41, 5.74) is 6.04. The number of pyridine rings is 1. The molecule has 1 aromatic carbocycles. The van der Waals surface area contributed by atoms with Crippen molar-refractivity contribution < 1.29 is 19.1 Å². The van der Waals surface area contributed by atoms with E-state index < -0.39 is 11.7 Å². The number of benzene rings is 1.